The van der Waals surface area contributed by atoms with E-state index in [1.807, 2.05) is 0 Å². The molecule has 0 heterocycles. The van der Waals surface area contributed by atoms with Crippen LogP contribution in [0.25, 0.3) is 0 Å². The normalized spacial score (nSPS) is 13.3. The van der Waals surface area contributed by atoms with Crippen LogP contribution < -0.4 is 11.1 Å². The van der Waals surface area contributed by atoms with Gasteiger partial charge in [-0.05, 0) is 31.2 Å². The molecule has 0 aliphatic heterocycles. The highest BCUT2D eigenvalue weighted by Crippen LogP contribution is 2.20. The Bertz CT molecular complexity index is 529. The van der Waals surface area contributed by atoms with E-state index in [4.69, 9.17) is 5.73 Å². The third-order valence-corrected chi connectivity index (χ3v) is 3.63. The molecule has 3 N–H and O–H groups in total. The van der Waals surface area contributed by atoms with Crippen molar-refractivity contribution in [3.63, 3.8) is 0 Å². The van der Waals surface area contributed by atoms with Gasteiger partial charge in [0.2, 0.25) is 15.7 Å². The van der Waals surface area contributed by atoms with E-state index in [0.29, 0.717) is 5.69 Å². The zero-order chi connectivity index (χ0) is 13.9. The quantitative estimate of drug-likeness (QED) is 0.839. The SMILES string of the molecule is CC(Nc1ccc(S(=O)(=O)C(F)F)cc1)C(N)=O. The summed E-state index contributed by atoms with van der Waals surface area (Å²) in [4.78, 5) is 10.3. The molecule has 1 amide bonds. The van der Waals surface area contributed by atoms with E-state index in [2.05, 4.69) is 5.32 Å². The van der Waals surface area contributed by atoms with Gasteiger partial charge < -0.3 is 11.1 Å². The van der Waals surface area contributed by atoms with E-state index in [1.165, 1.54) is 19.1 Å². The molecule has 1 aromatic rings. The monoisotopic (exact) mass is 278 g/mol. The van der Waals surface area contributed by atoms with Gasteiger partial charge in [0, 0.05) is 5.69 Å². The highest BCUT2D eigenvalue weighted by molar-refractivity contribution is 7.91. The van der Waals surface area contributed by atoms with Crippen molar-refractivity contribution < 1.29 is 22.0 Å². The largest absolute Gasteiger partial charge is 0.374 e. The Kier molecular flexibility index (Phi) is 4.23. The van der Waals surface area contributed by atoms with Crippen LogP contribution in [-0.2, 0) is 14.6 Å². The molecule has 1 unspecified atom stereocenters. The van der Waals surface area contributed by atoms with Gasteiger partial charge in [-0.25, -0.2) is 8.42 Å². The number of nitrogens with one attached hydrogen (secondary N) is 1. The molecular weight excluding hydrogens is 266 g/mol. The molecule has 0 spiro atoms. The van der Waals surface area contributed by atoms with Crippen molar-refractivity contribution in [1.29, 1.82) is 0 Å². The average Bonchev–Trinajstić information content (AvgIpc) is 2.29. The minimum atomic E-state index is -4.59. The minimum Gasteiger partial charge on any atom is -0.374 e. The Morgan fingerprint density at radius 2 is 1.78 bits per heavy atom. The smallest absolute Gasteiger partial charge is 0.341 e. The first kappa shape index (κ1) is 14.4. The number of nitrogens with two attached hydrogens (primary N) is 1. The molecular formula is C10H12F2N2O3S. The summed E-state index contributed by atoms with van der Waals surface area (Å²) < 4.78 is 46.8. The third-order valence-electron chi connectivity index (χ3n) is 2.23. The molecule has 0 saturated carbocycles. The topological polar surface area (TPSA) is 89.3 Å². The van der Waals surface area contributed by atoms with Crippen LogP contribution in [0.15, 0.2) is 29.2 Å². The number of amides is 1. The van der Waals surface area contributed by atoms with Gasteiger partial charge in [-0.1, -0.05) is 0 Å². The van der Waals surface area contributed by atoms with Crippen LogP contribution in [-0.4, -0.2) is 26.1 Å². The Labute approximate surface area is 103 Å². The number of alkyl halides is 2. The van der Waals surface area contributed by atoms with Crippen LogP contribution in [0.2, 0.25) is 0 Å². The molecule has 0 aliphatic carbocycles. The second kappa shape index (κ2) is 5.30. The second-order valence-corrected chi connectivity index (χ2v) is 5.52. The fourth-order valence-electron chi connectivity index (χ4n) is 1.16. The first-order chi connectivity index (χ1) is 8.25. The molecule has 1 atom stereocenters. The van der Waals surface area contributed by atoms with Crippen molar-refractivity contribution >= 4 is 21.4 Å². The van der Waals surface area contributed by atoms with Crippen LogP contribution in [0, 0.1) is 0 Å². The second-order valence-electron chi connectivity index (χ2n) is 3.60. The molecule has 100 valence electrons. The zero-order valence-electron chi connectivity index (χ0n) is 9.43. The molecule has 0 saturated heterocycles. The van der Waals surface area contributed by atoms with Gasteiger partial charge in [0.05, 0.1) is 4.90 Å². The van der Waals surface area contributed by atoms with Crippen LogP contribution in [0.5, 0.6) is 0 Å². The summed E-state index contributed by atoms with van der Waals surface area (Å²) in [5, 5.41) is 2.69. The molecule has 5 nitrogen and oxygen atoms in total. The Morgan fingerprint density at radius 3 is 2.17 bits per heavy atom. The number of halogens is 2. The van der Waals surface area contributed by atoms with Crippen molar-refractivity contribution in [2.24, 2.45) is 5.73 Å². The predicted molar refractivity (Wildman–Crippen MR) is 61.9 cm³/mol. The van der Waals surface area contributed by atoms with Gasteiger partial charge in [0.25, 0.3) is 0 Å². The van der Waals surface area contributed by atoms with E-state index in [0.717, 1.165) is 12.1 Å². The summed E-state index contributed by atoms with van der Waals surface area (Å²) in [6.45, 7) is 1.52. The Balaban J connectivity index is 2.91. The van der Waals surface area contributed by atoms with E-state index < -0.39 is 32.4 Å². The standard InChI is InChI=1S/C10H12F2N2O3S/c1-6(9(13)15)14-7-2-4-8(5-3-7)18(16,17)10(11)12/h2-6,10,14H,1H3,(H2,13,15). The molecule has 0 radical (unpaired) electrons. The van der Waals surface area contributed by atoms with Gasteiger partial charge in [-0.15, -0.1) is 0 Å². The lowest BCUT2D eigenvalue weighted by Crippen LogP contribution is -2.32. The summed E-state index contributed by atoms with van der Waals surface area (Å²) in [6.07, 6.45) is 0. The van der Waals surface area contributed by atoms with Crippen LogP contribution in [0.1, 0.15) is 6.92 Å². The van der Waals surface area contributed by atoms with Crippen molar-refractivity contribution in [2.75, 3.05) is 5.32 Å². The lowest BCUT2D eigenvalue weighted by Gasteiger charge is -2.12. The molecule has 1 rings (SSSR count). The van der Waals surface area contributed by atoms with Crippen LogP contribution in [0.3, 0.4) is 0 Å². The third kappa shape index (κ3) is 3.16. The van der Waals surface area contributed by atoms with Crippen LogP contribution in [0.4, 0.5) is 14.5 Å². The predicted octanol–water partition coefficient (Wildman–Crippen LogP) is 0.969. The minimum absolute atomic E-state index is 0.412. The summed E-state index contributed by atoms with van der Waals surface area (Å²) in [5.74, 6) is -4.04. The van der Waals surface area contributed by atoms with Crippen LogP contribution >= 0.6 is 0 Å². The number of benzene rings is 1. The zero-order valence-corrected chi connectivity index (χ0v) is 10.2. The van der Waals surface area contributed by atoms with Crippen molar-refractivity contribution in [3.05, 3.63) is 24.3 Å². The number of carbonyl (C=O) groups is 1. The number of anilines is 1. The first-order valence-corrected chi connectivity index (χ1v) is 6.47. The van der Waals surface area contributed by atoms with E-state index in [-0.39, 0.29) is 0 Å². The fraction of sp³-hybridized carbons (Fsp3) is 0.300. The van der Waals surface area contributed by atoms with Gasteiger partial charge in [0.1, 0.15) is 6.04 Å². The van der Waals surface area contributed by atoms with Crippen molar-refractivity contribution in [2.45, 2.75) is 23.6 Å². The number of rotatable bonds is 5. The first-order valence-electron chi connectivity index (χ1n) is 4.93. The molecule has 0 fully saturated rings. The summed E-state index contributed by atoms with van der Waals surface area (Å²) in [5.41, 5.74) is 5.44. The molecule has 18 heavy (non-hydrogen) atoms. The molecule has 0 aliphatic rings. The average molecular weight is 278 g/mol. The van der Waals surface area contributed by atoms with E-state index in [1.54, 1.807) is 0 Å². The van der Waals surface area contributed by atoms with Gasteiger partial charge in [0.15, 0.2) is 0 Å². The van der Waals surface area contributed by atoms with E-state index in [9.17, 15) is 22.0 Å². The maximum Gasteiger partial charge on any atom is 0.341 e. The lowest BCUT2D eigenvalue weighted by molar-refractivity contribution is -0.118. The lowest BCUT2D eigenvalue weighted by atomic mass is 10.2. The highest BCUT2D eigenvalue weighted by Gasteiger charge is 2.26. The maximum atomic E-state index is 12.3. The fourth-order valence-corrected chi connectivity index (χ4v) is 1.89. The van der Waals surface area contributed by atoms with Crippen molar-refractivity contribution in [1.82, 2.24) is 0 Å². The number of sulfone groups is 1. The van der Waals surface area contributed by atoms with E-state index >= 15 is 0 Å². The summed E-state index contributed by atoms with van der Waals surface area (Å²) in [6, 6.07) is 4.00. The van der Waals surface area contributed by atoms with Gasteiger partial charge in [-0.2, -0.15) is 8.78 Å². The number of primary amides is 1. The number of hydrogen-bond acceptors (Lipinski definition) is 4. The van der Waals surface area contributed by atoms with Crippen molar-refractivity contribution in [3.8, 4) is 0 Å². The molecule has 1 aromatic carbocycles. The van der Waals surface area contributed by atoms with Gasteiger partial charge in [-0.3, -0.25) is 4.79 Å². The summed E-state index contributed by atoms with van der Waals surface area (Å²) in [7, 11) is -4.59. The Morgan fingerprint density at radius 1 is 1.28 bits per heavy atom. The number of carbonyl (C=O) groups excluding carboxylic acids is 1. The summed E-state index contributed by atoms with van der Waals surface area (Å²) >= 11 is 0. The van der Waals surface area contributed by atoms with Gasteiger partial charge >= 0.3 is 5.76 Å². The molecule has 8 heteroatoms. The molecule has 0 aromatic heterocycles. The maximum absolute atomic E-state index is 12.3. The molecule has 0 bridgehead atoms. The Hall–Kier alpha value is -1.70. The highest BCUT2D eigenvalue weighted by atomic mass is 32.2. The number of hydrogen-bond donors (Lipinski definition) is 2.